The smallest absolute Gasteiger partial charge is 0.0564 e. The number of likely N-dealkylation sites (tertiary alicyclic amines) is 5. The Balaban J connectivity index is -0.000000359. The number of hydrogen-bond donors (Lipinski definition) is 2. The molecule has 0 spiro atoms. The Labute approximate surface area is 419 Å². The molecule has 0 radical (unpaired) electrons. The second-order valence-corrected chi connectivity index (χ2v) is 27.0. The van der Waals surface area contributed by atoms with E-state index in [0.29, 0.717) is 27.1 Å². The predicted octanol–water partition coefficient (Wildman–Crippen LogP) is 14.7. The first kappa shape index (κ1) is 72.3. The molecule has 5 saturated heterocycles. The highest BCUT2D eigenvalue weighted by Crippen LogP contribution is 2.25. The zero-order valence-corrected chi connectivity index (χ0v) is 45.4. The number of hydrogen-bond acceptors (Lipinski definition) is 7. The van der Waals surface area contributed by atoms with E-state index in [-0.39, 0.29) is 41.9 Å². The van der Waals surface area contributed by atoms with Crippen molar-refractivity contribution < 1.29 is 10.2 Å². The van der Waals surface area contributed by atoms with Crippen LogP contribution in [0.2, 0.25) is 0 Å². The third kappa shape index (κ3) is 43.7. The molecule has 7 nitrogen and oxygen atoms in total. The molecule has 5 fully saturated rings. The fraction of sp³-hybridized carbons (Fsp3) is 1.00. The quantitative estimate of drug-likeness (QED) is 0.226. The zero-order chi connectivity index (χ0) is 47.2. The van der Waals surface area contributed by atoms with Crippen molar-refractivity contribution in [3.05, 3.63) is 0 Å². The molecule has 0 aromatic carbocycles. The molecule has 0 aromatic heterocycles. The molecule has 0 amide bonds. The molecule has 66 heavy (non-hydrogen) atoms. The zero-order valence-electron chi connectivity index (χ0n) is 45.4. The van der Waals surface area contributed by atoms with Gasteiger partial charge in [-0.1, -0.05) is 154 Å². The van der Waals surface area contributed by atoms with Gasteiger partial charge in [-0.15, -0.1) is 0 Å². The van der Waals surface area contributed by atoms with Gasteiger partial charge in [-0.25, -0.2) is 0 Å². The van der Waals surface area contributed by atoms with Gasteiger partial charge in [0.1, 0.15) is 0 Å². The summed E-state index contributed by atoms with van der Waals surface area (Å²) in [4.78, 5) is 12.8. The molecule has 7 heteroatoms. The molecule has 5 heterocycles. The van der Waals surface area contributed by atoms with Crippen LogP contribution in [-0.4, -0.2) is 145 Å². The Morgan fingerprint density at radius 2 is 0.530 bits per heavy atom. The van der Waals surface area contributed by atoms with E-state index in [1.807, 2.05) is 0 Å². The summed E-state index contributed by atoms with van der Waals surface area (Å²) in [5, 5.41) is 18.7. The van der Waals surface area contributed by atoms with Gasteiger partial charge in [-0.05, 0) is 181 Å². The highest BCUT2D eigenvalue weighted by Gasteiger charge is 2.23. The largest absolute Gasteiger partial charge is 0.393 e. The molecule has 5 rings (SSSR count). The summed E-state index contributed by atoms with van der Waals surface area (Å²) >= 11 is 0. The van der Waals surface area contributed by atoms with E-state index in [1.54, 1.807) is 0 Å². The minimum absolute atomic E-state index is 0. The van der Waals surface area contributed by atoms with Gasteiger partial charge in [0.15, 0.2) is 0 Å². The van der Waals surface area contributed by atoms with Gasteiger partial charge in [0.05, 0.1) is 12.2 Å². The van der Waals surface area contributed by atoms with Gasteiger partial charge in [0, 0.05) is 39.3 Å². The second-order valence-electron chi connectivity index (χ2n) is 27.0. The van der Waals surface area contributed by atoms with E-state index in [0.717, 1.165) is 63.7 Å². The monoisotopic (exact) mass is 942 g/mol. The molecule has 2 atom stereocenters. The first-order valence-corrected chi connectivity index (χ1v) is 26.4. The first-order valence-electron chi connectivity index (χ1n) is 26.4. The molecule has 0 aromatic rings. The van der Waals surface area contributed by atoms with Crippen molar-refractivity contribution in [2.45, 2.75) is 250 Å². The molecular weight excluding hydrogens is 811 g/mol. The number of piperidine rings is 3. The Morgan fingerprint density at radius 1 is 0.318 bits per heavy atom. The predicted molar refractivity (Wildman–Crippen MR) is 301 cm³/mol. The van der Waals surface area contributed by atoms with Crippen molar-refractivity contribution in [1.82, 2.24) is 24.5 Å². The average molecular weight is 943 g/mol. The van der Waals surface area contributed by atoms with Crippen molar-refractivity contribution in [3.8, 4) is 0 Å². The van der Waals surface area contributed by atoms with E-state index < -0.39 is 0 Å². The lowest BCUT2D eigenvalue weighted by Crippen LogP contribution is -2.37. The van der Waals surface area contributed by atoms with Crippen LogP contribution in [0, 0.1) is 38.9 Å². The van der Waals surface area contributed by atoms with Crippen molar-refractivity contribution in [3.63, 3.8) is 0 Å². The number of nitrogens with zero attached hydrogens (tertiary/aromatic N) is 5. The molecule has 5 aliphatic heterocycles. The maximum absolute atomic E-state index is 9.33. The van der Waals surface area contributed by atoms with Crippen molar-refractivity contribution in [2.24, 2.45) is 38.9 Å². The minimum atomic E-state index is -0.0362. The average Bonchev–Trinajstić information content (AvgIpc) is 3.79. The van der Waals surface area contributed by atoms with Gasteiger partial charge in [0.2, 0.25) is 0 Å². The Hall–Kier alpha value is -0.280. The van der Waals surface area contributed by atoms with Crippen LogP contribution in [0.4, 0.5) is 0 Å². The summed E-state index contributed by atoms with van der Waals surface area (Å²) in [7, 11) is 0. The van der Waals surface area contributed by atoms with E-state index in [9.17, 15) is 10.2 Å². The Morgan fingerprint density at radius 3 is 0.742 bits per heavy atom. The molecule has 0 bridgehead atoms. The third-order valence-corrected chi connectivity index (χ3v) is 13.5. The molecular formula is C59H131N5O2. The maximum Gasteiger partial charge on any atom is 0.0564 e. The minimum Gasteiger partial charge on any atom is -0.393 e. The fourth-order valence-electron chi connectivity index (χ4n) is 8.40. The third-order valence-electron chi connectivity index (χ3n) is 13.5. The molecule has 404 valence electrons. The summed E-state index contributed by atoms with van der Waals surface area (Å²) < 4.78 is 0. The van der Waals surface area contributed by atoms with Crippen LogP contribution in [-0.2, 0) is 0 Å². The summed E-state index contributed by atoms with van der Waals surface area (Å²) in [6, 6.07) is 0. The number of aliphatic hydroxyl groups is 2. The lowest BCUT2D eigenvalue weighted by atomic mass is 9.91. The van der Waals surface area contributed by atoms with E-state index >= 15 is 0 Å². The van der Waals surface area contributed by atoms with Crippen molar-refractivity contribution >= 4 is 0 Å². The van der Waals surface area contributed by atoms with Crippen LogP contribution < -0.4 is 0 Å². The normalized spacial score (nSPS) is 22.2. The van der Waals surface area contributed by atoms with Crippen LogP contribution in [0.5, 0.6) is 0 Å². The molecule has 0 aliphatic carbocycles. The van der Waals surface area contributed by atoms with Crippen LogP contribution in [0.25, 0.3) is 0 Å². The SMILES string of the molecule is C.C.C.C.CC(C)(C)CCN1CCC(O)CC1.CC(C)(C)CCN1CCC(O)CC1.CC(C)(C)CCN1CCCCC1.CC1CCN(CCC(C)(C)C)C1.CC1CCN(CCC(C)(C)C)C1. The van der Waals surface area contributed by atoms with Crippen LogP contribution in [0.1, 0.15) is 237 Å². The van der Waals surface area contributed by atoms with Crippen molar-refractivity contribution in [2.75, 3.05) is 98.2 Å². The number of rotatable bonds is 10. The molecule has 2 N–H and O–H groups in total. The number of aliphatic hydroxyl groups excluding tert-OH is 2. The van der Waals surface area contributed by atoms with Gasteiger partial charge in [-0.3, -0.25) is 0 Å². The van der Waals surface area contributed by atoms with Crippen LogP contribution in [0.15, 0.2) is 0 Å². The summed E-state index contributed by atoms with van der Waals surface area (Å²) in [6.45, 7) is 58.0. The maximum atomic E-state index is 9.33. The molecule has 0 saturated carbocycles. The topological polar surface area (TPSA) is 56.7 Å². The van der Waals surface area contributed by atoms with Crippen LogP contribution in [0.3, 0.4) is 0 Å². The van der Waals surface area contributed by atoms with Gasteiger partial charge < -0.3 is 34.7 Å². The van der Waals surface area contributed by atoms with Gasteiger partial charge >= 0.3 is 0 Å². The second kappa shape index (κ2) is 35.8. The van der Waals surface area contributed by atoms with Gasteiger partial charge in [-0.2, -0.15) is 0 Å². The first-order chi connectivity index (χ1) is 28.5. The summed E-state index contributed by atoms with van der Waals surface area (Å²) in [5.41, 5.74) is 2.40. The lowest BCUT2D eigenvalue weighted by Gasteiger charge is -2.31. The summed E-state index contributed by atoms with van der Waals surface area (Å²) in [6.07, 6.45) is 17.4. The van der Waals surface area contributed by atoms with Crippen molar-refractivity contribution in [1.29, 1.82) is 0 Å². The molecule has 2 unspecified atom stereocenters. The fourth-order valence-corrected chi connectivity index (χ4v) is 8.40. The summed E-state index contributed by atoms with van der Waals surface area (Å²) in [5.74, 6) is 1.87. The Kier molecular flexibility index (Phi) is 39.2. The van der Waals surface area contributed by atoms with E-state index in [2.05, 4.69) is 142 Å². The molecule has 5 aliphatic rings. The standard InChI is InChI=1S/2C11H23NO.3C11H23N.4CH4/c2*1-11(2,3)6-9-12-7-4-10(13)5-8-12;2*1-10-5-7-12(9-10)8-6-11(2,3)4;1-11(2,3)7-10-12-8-5-4-6-9-12;;;;/h2*10,13H,4-9H2,1-3H3;2*10H,5-9H2,1-4H3;4-10H2,1-3H3;4*1H4. The highest BCUT2D eigenvalue weighted by atomic mass is 16.3. The van der Waals surface area contributed by atoms with E-state index in [1.165, 1.54) is 136 Å². The van der Waals surface area contributed by atoms with Gasteiger partial charge in [0.25, 0.3) is 0 Å². The van der Waals surface area contributed by atoms with Crippen LogP contribution >= 0.6 is 0 Å². The highest BCUT2D eigenvalue weighted by molar-refractivity contribution is 4.77. The lowest BCUT2D eigenvalue weighted by molar-refractivity contribution is 0.0771. The Bertz CT molecular complexity index is 978. The van der Waals surface area contributed by atoms with E-state index in [4.69, 9.17) is 0 Å².